The molecule has 0 saturated heterocycles. The zero-order valence-electron chi connectivity index (χ0n) is 9.18. The van der Waals surface area contributed by atoms with Crippen molar-refractivity contribution in [3.63, 3.8) is 0 Å². The predicted molar refractivity (Wildman–Crippen MR) is 67.1 cm³/mol. The minimum Gasteiger partial charge on any atom is -0.345 e. The molecule has 0 aromatic carbocycles. The van der Waals surface area contributed by atoms with Crippen molar-refractivity contribution in [2.24, 2.45) is 0 Å². The second-order valence-electron chi connectivity index (χ2n) is 3.80. The van der Waals surface area contributed by atoms with Crippen LogP contribution in [-0.4, -0.2) is 10.9 Å². The number of pyridine rings is 1. The van der Waals surface area contributed by atoms with E-state index in [1.807, 2.05) is 0 Å². The van der Waals surface area contributed by atoms with Crippen LogP contribution in [0.5, 0.6) is 0 Å². The lowest BCUT2D eigenvalue weighted by Crippen LogP contribution is -2.38. The number of carbonyl (C=O) groups excluding carboxylic acids is 1. The summed E-state index contributed by atoms with van der Waals surface area (Å²) in [6, 6.07) is 7.27. The number of nitrogens with zero attached hydrogens (tertiary/aromatic N) is 2. The van der Waals surface area contributed by atoms with Crippen LogP contribution in [0.3, 0.4) is 0 Å². The molecule has 3 rings (SSSR count). The zero-order chi connectivity index (χ0) is 12.5. The second kappa shape index (κ2) is 4.13. The molecule has 1 aliphatic rings. The van der Waals surface area contributed by atoms with Crippen LogP contribution in [0.1, 0.15) is 27.0 Å². The fraction of sp³-hybridized carbons (Fsp3) is 0.0833. The Morgan fingerprint density at radius 2 is 2.33 bits per heavy atom. The van der Waals surface area contributed by atoms with Gasteiger partial charge in [0.05, 0.1) is 11.1 Å². The van der Waals surface area contributed by atoms with Crippen molar-refractivity contribution in [3.05, 3.63) is 45.8 Å². The van der Waals surface area contributed by atoms with Crippen LogP contribution in [0.4, 0.5) is 5.82 Å². The minimum atomic E-state index is -0.327. The number of amides is 1. The van der Waals surface area contributed by atoms with Gasteiger partial charge in [0, 0.05) is 16.5 Å². The maximum absolute atomic E-state index is 11.9. The Balaban J connectivity index is 1.95. The number of rotatable bonds is 1. The third-order valence-corrected chi connectivity index (χ3v) is 3.64. The quantitative estimate of drug-likeness (QED) is 0.816. The van der Waals surface area contributed by atoms with Crippen LogP contribution < -0.4 is 10.6 Å². The fourth-order valence-corrected chi connectivity index (χ4v) is 2.62. The van der Waals surface area contributed by atoms with Crippen LogP contribution in [0.15, 0.2) is 29.8 Å². The van der Waals surface area contributed by atoms with Gasteiger partial charge in [-0.2, -0.15) is 5.26 Å². The summed E-state index contributed by atoms with van der Waals surface area (Å²) < 4.78 is 0. The topological polar surface area (TPSA) is 77.8 Å². The Bertz CT molecular complexity index is 658. The number of nitriles is 1. The molecular formula is C12H8N4OS. The van der Waals surface area contributed by atoms with Crippen molar-refractivity contribution in [1.82, 2.24) is 10.3 Å². The number of thiophene rings is 1. The van der Waals surface area contributed by atoms with Crippen LogP contribution in [0.2, 0.25) is 0 Å². The molecule has 5 nitrogen and oxygen atoms in total. The summed E-state index contributed by atoms with van der Waals surface area (Å²) in [5, 5.41) is 16.5. The first-order valence-corrected chi connectivity index (χ1v) is 6.17. The molecule has 0 spiro atoms. The summed E-state index contributed by atoms with van der Waals surface area (Å²) in [5.41, 5.74) is 1.13. The van der Waals surface area contributed by atoms with E-state index in [-0.39, 0.29) is 12.1 Å². The first kappa shape index (κ1) is 10.7. The van der Waals surface area contributed by atoms with Gasteiger partial charge >= 0.3 is 0 Å². The van der Waals surface area contributed by atoms with Gasteiger partial charge in [0.2, 0.25) is 0 Å². The molecule has 3 heterocycles. The zero-order valence-corrected chi connectivity index (χ0v) is 9.99. The van der Waals surface area contributed by atoms with Gasteiger partial charge in [-0.15, -0.1) is 11.3 Å². The number of nitrogens with one attached hydrogen (secondary N) is 2. The molecule has 0 saturated carbocycles. The maximum atomic E-state index is 11.9. The van der Waals surface area contributed by atoms with E-state index in [4.69, 9.17) is 5.26 Å². The van der Waals surface area contributed by atoms with E-state index in [1.54, 1.807) is 29.8 Å². The minimum absolute atomic E-state index is 0.159. The molecule has 0 radical (unpaired) electrons. The molecule has 0 aliphatic carbocycles. The molecular weight excluding hydrogens is 248 g/mol. The molecule has 1 aliphatic heterocycles. The molecule has 2 aromatic heterocycles. The number of fused-ring (bicyclic) bond motifs is 1. The van der Waals surface area contributed by atoms with E-state index in [1.165, 1.54) is 11.3 Å². The average molecular weight is 256 g/mol. The van der Waals surface area contributed by atoms with E-state index >= 15 is 0 Å². The molecule has 0 fully saturated rings. The van der Waals surface area contributed by atoms with E-state index in [0.29, 0.717) is 16.9 Å². The van der Waals surface area contributed by atoms with E-state index in [2.05, 4.69) is 21.7 Å². The summed E-state index contributed by atoms with van der Waals surface area (Å²) in [6.45, 7) is 0. The number of aromatic nitrogens is 1. The smallest absolute Gasteiger partial charge is 0.256 e. The van der Waals surface area contributed by atoms with Crippen LogP contribution in [-0.2, 0) is 0 Å². The Morgan fingerprint density at radius 1 is 1.44 bits per heavy atom. The third-order valence-electron chi connectivity index (χ3n) is 2.64. The van der Waals surface area contributed by atoms with Crippen LogP contribution >= 0.6 is 11.3 Å². The molecule has 2 N–H and O–H groups in total. The molecule has 1 atom stereocenters. The Kier molecular flexibility index (Phi) is 2.46. The molecule has 88 valence electrons. The molecule has 0 unspecified atom stereocenters. The highest BCUT2D eigenvalue weighted by Gasteiger charge is 2.26. The summed E-state index contributed by atoms with van der Waals surface area (Å²) in [4.78, 5) is 16.9. The molecule has 0 bridgehead atoms. The number of hydrogen-bond donors (Lipinski definition) is 2. The van der Waals surface area contributed by atoms with Crippen molar-refractivity contribution in [2.45, 2.75) is 6.17 Å². The van der Waals surface area contributed by atoms with Gasteiger partial charge in [0.25, 0.3) is 5.91 Å². The predicted octanol–water partition coefficient (Wildman–Crippen LogP) is 1.87. The number of hydrogen-bond acceptors (Lipinski definition) is 5. The lowest BCUT2D eigenvalue weighted by molar-refractivity contribution is 0.0935. The maximum Gasteiger partial charge on any atom is 0.256 e. The van der Waals surface area contributed by atoms with Crippen molar-refractivity contribution in [1.29, 1.82) is 5.26 Å². The van der Waals surface area contributed by atoms with Gasteiger partial charge in [0.1, 0.15) is 18.1 Å². The van der Waals surface area contributed by atoms with Crippen molar-refractivity contribution in [2.75, 3.05) is 5.32 Å². The number of carbonyl (C=O) groups is 1. The highest BCUT2D eigenvalue weighted by Crippen LogP contribution is 2.27. The number of anilines is 1. The van der Waals surface area contributed by atoms with Gasteiger partial charge in [-0.25, -0.2) is 4.98 Å². The molecule has 18 heavy (non-hydrogen) atoms. The normalized spacial score (nSPS) is 17.3. The summed E-state index contributed by atoms with van der Waals surface area (Å²) >= 11 is 1.43. The molecule has 6 heteroatoms. The van der Waals surface area contributed by atoms with E-state index < -0.39 is 0 Å². The second-order valence-corrected chi connectivity index (χ2v) is 4.74. The van der Waals surface area contributed by atoms with Crippen molar-refractivity contribution < 1.29 is 4.79 Å². The van der Waals surface area contributed by atoms with Crippen molar-refractivity contribution in [3.8, 4) is 6.07 Å². The van der Waals surface area contributed by atoms with E-state index in [9.17, 15) is 4.79 Å². The van der Waals surface area contributed by atoms with Gasteiger partial charge in [-0.05, 0) is 18.2 Å². The van der Waals surface area contributed by atoms with Gasteiger partial charge in [-0.1, -0.05) is 0 Å². The Hall–Kier alpha value is -2.39. The summed E-state index contributed by atoms with van der Waals surface area (Å²) in [7, 11) is 0. The first-order valence-electron chi connectivity index (χ1n) is 5.29. The highest BCUT2D eigenvalue weighted by molar-refractivity contribution is 7.10. The Labute approximate surface area is 107 Å². The van der Waals surface area contributed by atoms with Gasteiger partial charge in [-0.3, -0.25) is 4.79 Å². The third kappa shape index (κ3) is 1.71. The van der Waals surface area contributed by atoms with Crippen molar-refractivity contribution >= 4 is 23.1 Å². The van der Waals surface area contributed by atoms with Crippen LogP contribution in [0.25, 0.3) is 0 Å². The standard InChI is InChI=1S/C12H8N4OS/c13-5-7-4-9(18-6-7)11-15-10-8(12(17)16-11)2-1-3-14-10/h1-4,6,11H,(H,14,15)(H,16,17)/t11-/m0/s1. The van der Waals surface area contributed by atoms with Crippen LogP contribution in [0, 0.1) is 11.3 Å². The first-order chi connectivity index (χ1) is 8.78. The lowest BCUT2D eigenvalue weighted by atomic mass is 10.1. The fourth-order valence-electron chi connectivity index (χ4n) is 1.79. The largest absolute Gasteiger partial charge is 0.345 e. The molecule has 2 aromatic rings. The summed E-state index contributed by atoms with van der Waals surface area (Å²) in [5.74, 6) is 0.409. The van der Waals surface area contributed by atoms with Gasteiger partial charge in [0.15, 0.2) is 0 Å². The highest BCUT2D eigenvalue weighted by atomic mass is 32.1. The SMILES string of the molecule is N#Cc1csc([C@@H]2NC(=O)c3cccnc3N2)c1. The Morgan fingerprint density at radius 3 is 3.11 bits per heavy atom. The summed E-state index contributed by atoms with van der Waals surface area (Å²) in [6.07, 6.45) is 1.31. The van der Waals surface area contributed by atoms with Gasteiger partial charge < -0.3 is 10.6 Å². The lowest BCUT2D eigenvalue weighted by Gasteiger charge is -2.25. The monoisotopic (exact) mass is 256 g/mol. The van der Waals surface area contributed by atoms with E-state index in [0.717, 1.165) is 4.88 Å². The molecule has 1 amide bonds. The average Bonchev–Trinajstić information content (AvgIpc) is 2.87.